The number of nitrogens with one attached hydrogen (secondary N) is 2. The van der Waals surface area contributed by atoms with Gasteiger partial charge in [0.1, 0.15) is 11.0 Å². The molecular weight excluding hydrogens is 1100 g/mol. The molecule has 0 atom stereocenters. The summed E-state index contributed by atoms with van der Waals surface area (Å²) in [4.78, 5) is 37.1. The van der Waals surface area contributed by atoms with Crippen LogP contribution in [0.25, 0.3) is 55.8 Å². The highest BCUT2D eigenvalue weighted by atomic mass is 35.5. The Kier molecular flexibility index (Phi) is 15.7. The van der Waals surface area contributed by atoms with E-state index in [2.05, 4.69) is 126 Å². The van der Waals surface area contributed by atoms with E-state index in [1.807, 2.05) is 12.4 Å². The number of ether oxygens (including phenoxy) is 2. The largest absolute Gasteiger partial charge is 0.495 e. The van der Waals surface area contributed by atoms with Crippen molar-refractivity contribution < 1.29 is 36.0 Å². The van der Waals surface area contributed by atoms with Crippen LogP contribution in [0.2, 0.25) is 5.28 Å². The summed E-state index contributed by atoms with van der Waals surface area (Å²) in [7, 11) is -1.61. The zero-order valence-corrected chi connectivity index (χ0v) is 49.2. The van der Waals surface area contributed by atoms with Gasteiger partial charge in [-0.1, -0.05) is 24.3 Å². The molecule has 0 aliphatic carbocycles. The van der Waals surface area contributed by atoms with Gasteiger partial charge in [-0.2, -0.15) is 4.98 Å². The van der Waals surface area contributed by atoms with Gasteiger partial charge in [-0.15, -0.1) is 0 Å². The van der Waals surface area contributed by atoms with Crippen LogP contribution in [0.1, 0.15) is 49.9 Å². The Labute approximate surface area is 486 Å². The van der Waals surface area contributed by atoms with E-state index in [-0.39, 0.29) is 23.6 Å². The van der Waals surface area contributed by atoms with E-state index in [0.717, 1.165) is 165 Å². The fourth-order valence-corrected chi connectivity index (χ4v) is 14.1. The quantitative estimate of drug-likeness (QED) is 0.121. The van der Waals surface area contributed by atoms with E-state index in [1.165, 1.54) is 22.3 Å². The van der Waals surface area contributed by atoms with Crippen molar-refractivity contribution in [1.29, 1.82) is 0 Å². The number of hydrogen-bond donors (Lipinski definition) is 2. The van der Waals surface area contributed by atoms with E-state index < -0.39 is 21.6 Å². The number of morpholine rings is 2. The first-order valence-corrected chi connectivity index (χ1v) is 31.9. The molecule has 0 saturated carbocycles. The summed E-state index contributed by atoms with van der Waals surface area (Å²) in [6, 6.07) is 16.8. The van der Waals surface area contributed by atoms with Crippen LogP contribution in [0.5, 0.6) is 0 Å². The lowest BCUT2D eigenvalue weighted by atomic mass is 9.75. The van der Waals surface area contributed by atoms with Crippen molar-refractivity contribution in [3.05, 3.63) is 88.5 Å². The first-order valence-electron chi connectivity index (χ1n) is 28.5. The molecule has 2 aromatic carbocycles. The van der Waals surface area contributed by atoms with Gasteiger partial charge >= 0.3 is 7.12 Å². The minimum Gasteiger partial charge on any atom is -0.432 e. The summed E-state index contributed by atoms with van der Waals surface area (Å²) in [6.45, 7) is 20.8. The van der Waals surface area contributed by atoms with Crippen LogP contribution in [-0.4, -0.2) is 181 Å². The third kappa shape index (κ3) is 11.3. The van der Waals surface area contributed by atoms with Crippen LogP contribution in [0.3, 0.4) is 0 Å². The summed E-state index contributed by atoms with van der Waals surface area (Å²) < 4.78 is 58.9. The first-order chi connectivity index (χ1) is 39.8. The minimum absolute atomic E-state index is 0.195. The third-order valence-electron chi connectivity index (χ3n) is 16.9. The summed E-state index contributed by atoms with van der Waals surface area (Å²) >= 11 is 6.23. The summed E-state index contributed by atoms with van der Waals surface area (Å²) in [6.07, 6.45) is 5.72. The van der Waals surface area contributed by atoms with Crippen molar-refractivity contribution in [1.82, 2.24) is 39.7 Å². The van der Waals surface area contributed by atoms with Gasteiger partial charge in [0, 0.05) is 152 Å². The average molecular weight is 1170 g/mol. The smallest absolute Gasteiger partial charge is 0.432 e. The van der Waals surface area contributed by atoms with Crippen molar-refractivity contribution in [2.75, 3.05) is 135 Å². The van der Waals surface area contributed by atoms with Crippen molar-refractivity contribution in [3.8, 4) is 11.4 Å². The molecule has 0 bridgehead atoms. The van der Waals surface area contributed by atoms with Crippen molar-refractivity contribution in [2.24, 2.45) is 0 Å². The Hall–Kier alpha value is -5.89. The maximum absolute atomic E-state index is 11.8. The monoisotopic (exact) mass is 1170 g/mol. The second-order valence-electron chi connectivity index (χ2n) is 22.7. The fourth-order valence-electron chi connectivity index (χ4n) is 11.7. The minimum atomic E-state index is -0.687. The number of rotatable bonds is 8. The molecule has 20 nitrogen and oxygen atoms in total. The van der Waals surface area contributed by atoms with E-state index in [9.17, 15) is 8.42 Å². The number of benzene rings is 2. The van der Waals surface area contributed by atoms with Gasteiger partial charge in [0.15, 0.2) is 28.6 Å². The van der Waals surface area contributed by atoms with Crippen LogP contribution in [0.4, 0.5) is 23.0 Å². The lowest BCUT2D eigenvalue weighted by Crippen LogP contribution is -2.41. The Morgan fingerprint density at radius 2 is 1.10 bits per heavy atom. The molecule has 0 amide bonds. The number of halogens is 1. The van der Waals surface area contributed by atoms with Gasteiger partial charge in [-0.05, 0) is 104 Å². The van der Waals surface area contributed by atoms with Crippen LogP contribution < -0.4 is 25.9 Å². The molecular formula is C58H68BClN12O8S2. The molecule has 5 fully saturated rings. The SMILES string of the molecule is CC1(C)OB(c2cccc3c2CCN3)OC1(C)C.O=S1CCN(Cc2cnc3oc4c(N5CCOCC5)nc(-c5cccc6c5CCN6)nc4c3c2)CC1.O=S1CCN(Cc2cnc3oc4c(N5CCOCC5)nc(Cl)nc4c3c2)CC1. The number of furan rings is 2. The predicted octanol–water partition coefficient (Wildman–Crippen LogP) is 6.59. The number of aromatic nitrogens is 6. The van der Waals surface area contributed by atoms with Crippen LogP contribution in [0, 0.1) is 0 Å². The van der Waals surface area contributed by atoms with Gasteiger partial charge in [0.2, 0.25) is 16.7 Å². The number of nitrogens with zero attached hydrogens (tertiary/aromatic N) is 10. The molecule has 0 radical (unpaired) electrons. The molecule has 82 heavy (non-hydrogen) atoms. The van der Waals surface area contributed by atoms with E-state index in [1.54, 1.807) is 0 Å². The van der Waals surface area contributed by atoms with Gasteiger partial charge in [0.25, 0.3) is 0 Å². The standard InChI is InChI=1S/C26H28N6O3S.C18H20ClN5O3S.C14H20BNO2/c33-36-12-8-31(9-13-36)16-17-14-20-22-23(35-26(20)28-15-17)25(32-6-10-34-11-7-32)30-24(29-22)19-2-1-3-21-18(19)4-5-27-21;19-18-21-14-13-9-12(11-23-3-7-28(25)8-4-23)10-20-17(13)27-15(14)16(22-18)24-1-5-26-6-2-24;1-13(2)14(3,4)18-15(17-13)11-6-5-7-12-10(11)8-9-16-12/h1-3,14-15,27H,4-13,16H2;9-10H,1-8,11H2;5-7,16H,8-9H2,1-4H3. The van der Waals surface area contributed by atoms with Gasteiger partial charge < -0.3 is 48.1 Å². The van der Waals surface area contributed by atoms with Crippen molar-refractivity contribution >= 4 is 113 Å². The van der Waals surface area contributed by atoms with E-state index in [0.29, 0.717) is 60.4 Å². The first kappa shape index (κ1) is 55.3. The highest BCUT2D eigenvalue weighted by Gasteiger charge is 2.52. The lowest BCUT2D eigenvalue weighted by Gasteiger charge is -2.32. The summed E-state index contributed by atoms with van der Waals surface area (Å²) in [5, 5.41) is 8.80. The molecule has 0 unspecified atom stereocenters. The van der Waals surface area contributed by atoms with Crippen LogP contribution in [0.15, 0.2) is 69.8 Å². The highest BCUT2D eigenvalue weighted by Crippen LogP contribution is 2.40. The molecule has 6 aromatic heterocycles. The molecule has 24 heteroatoms. The van der Waals surface area contributed by atoms with E-state index >= 15 is 0 Å². The molecule has 15 rings (SSSR count). The maximum atomic E-state index is 11.8. The lowest BCUT2D eigenvalue weighted by molar-refractivity contribution is 0.00578. The zero-order chi connectivity index (χ0) is 56.1. The predicted molar refractivity (Wildman–Crippen MR) is 324 cm³/mol. The van der Waals surface area contributed by atoms with Crippen molar-refractivity contribution in [2.45, 2.75) is 64.8 Å². The number of pyridine rings is 2. The molecule has 0 spiro atoms. The Balaban J connectivity index is 0.000000122. The number of anilines is 4. The maximum Gasteiger partial charge on any atom is 0.495 e. The van der Waals surface area contributed by atoms with Gasteiger partial charge in [0.05, 0.1) is 48.4 Å². The normalized spacial score (nSPS) is 20.4. The molecule has 8 aromatic rings. The van der Waals surface area contributed by atoms with Crippen LogP contribution in [-0.2, 0) is 66.3 Å². The highest BCUT2D eigenvalue weighted by molar-refractivity contribution is 7.85. The molecule has 430 valence electrons. The molecule has 7 aliphatic heterocycles. The molecule has 13 heterocycles. The van der Waals surface area contributed by atoms with Crippen LogP contribution >= 0.6 is 11.6 Å². The Morgan fingerprint density at radius 1 is 0.610 bits per heavy atom. The van der Waals surface area contributed by atoms with Gasteiger partial charge in [-0.3, -0.25) is 18.2 Å². The second-order valence-corrected chi connectivity index (χ2v) is 26.5. The molecule has 7 aliphatic rings. The summed E-state index contributed by atoms with van der Waals surface area (Å²) in [5.74, 6) is 5.15. The van der Waals surface area contributed by atoms with Crippen molar-refractivity contribution in [3.63, 3.8) is 0 Å². The van der Waals surface area contributed by atoms with Gasteiger partial charge in [-0.25, -0.2) is 24.9 Å². The zero-order valence-electron chi connectivity index (χ0n) is 46.8. The average Bonchev–Trinajstić information content (AvgIpc) is 4.47. The Bertz CT molecular complexity index is 3710. The number of fused-ring (bicyclic) bond motifs is 8. The second kappa shape index (κ2) is 23.3. The Morgan fingerprint density at radius 3 is 1.65 bits per heavy atom. The molecule has 5 saturated heterocycles. The third-order valence-corrected chi connectivity index (χ3v) is 19.6. The number of hydrogen-bond acceptors (Lipinski definition) is 20. The fraction of sp³-hybridized carbons (Fsp3) is 0.483. The summed E-state index contributed by atoms with van der Waals surface area (Å²) in [5.41, 5.74) is 12.8. The van der Waals surface area contributed by atoms with E-state index in [4.69, 9.17) is 49.2 Å². The topological polar surface area (TPSA) is 212 Å². The molecule has 2 N–H and O–H groups in total.